The van der Waals surface area contributed by atoms with E-state index in [1.54, 1.807) is 6.92 Å². The Labute approximate surface area is 97.8 Å². The molecule has 0 heterocycles. The highest BCUT2D eigenvalue weighted by Gasteiger charge is 2.32. The fourth-order valence-electron chi connectivity index (χ4n) is 0.571. The maximum Gasteiger partial charge on any atom is 0.483 e. The molecule has 17 heavy (non-hydrogen) atoms. The molecule has 0 aromatic heterocycles. The van der Waals surface area contributed by atoms with Crippen molar-refractivity contribution in [3.05, 3.63) is 12.2 Å². The van der Waals surface area contributed by atoms with Crippen molar-refractivity contribution >= 4 is 15.6 Å². The molecule has 0 spiro atoms. The van der Waals surface area contributed by atoms with Crippen LogP contribution in [-0.4, -0.2) is 34.9 Å². The number of rotatable bonds is 9. The highest BCUT2D eigenvalue weighted by molar-refractivity contribution is 7.60. The summed E-state index contributed by atoms with van der Waals surface area (Å²) >= 11 is 0. The van der Waals surface area contributed by atoms with Crippen LogP contribution in [0.25, 0.3) is 0 Å². The molecule has 1 unspecified atom stereocenters. The molecule has 0 amide bonds. The predicted octanol–water partition coefficient (Wildman–Crippen LogP) is 0.737. The van der Waals surface area contributed by atoms with Crippen LogP contribution in [0.4, 0.5) is 0 Å². The van der Waals surface area contributed by atoms with Crippen molar-refractivity contribution in [3.63, 3.8) is 0 Å². The summed E-state index contributed by atoms with van der Waals surface area (Å²) in [6.07, 6.45) is 0. The second-order valence-electron chi connectivity index (χ2n) is 2.92. The fraction of sp³-hybridized carbons (Fsp3) is 0.667. The molecule has 0 aromatic carbocycles. The van der Waals surface area contributed by atoms with Crippen molar-refractivity contribution < 1.29 is 42.1 Å². The number of phosphoric acid groups is 2. The van der Waals surface area contributed by atoms with Crippen molar-refractivity contribution in [2.45, 2.75) is 6.92 Å². The molecule has 9 nitrogen and oxygen atoms in total. The van der Waals surface area contributed by atoms with Gasteiger partial charge in [-0.25, -0.2) is 9.13 Å². The van der Waals surface area contributed by atoms with Crippen LogP contribution in [-0.2, 0) is 27.4 Å². The van der Waals surface area contributed by atoms with Gasteiger partial charge in [-0.1, -0.05) is 12.2 Å². The van der Waals surface area contributed by atoms with Crippen LogP contribution in [0.1, 0.15) is 6.92 Å². The highest BCUT2D eigenvalue weighted by Crippen LogP contribution is 2.57. The van der Waals surface area contributed by atoms with Crippen LogP contribution >= 0.6 is 15.6 Å². The second-order valence-corrected chi connectivity index (χ2v) is 5.74. The first-order valence-corrected chi connectivity index (χ1v) is 7.19. The average molecular weight is 292 g/mol. The van der Waals surface area contributed by atoms with E-state index in [-0.39, 0.29) is 13.4 Å². The van der Waals surface area contributed by atoms with Gasteiger partial charge in [0.05, 0.1) is 6.61 Å². The van der Waals surface area contributed by atoms with E-state index in [0.29, 0.717) is 0 Å². The summed E-state index contributed by atoms with van der Waals surface area (Å²) in [7, 11) is -9.94. The second kappa shape index (κ2) is 7.38. The summed E-state index contributed by atoms with van der Waals surface area (Å²) in [4.78, 5) is 25.3. The van der Waals surface area contributed by atoms with Gasteiger partial charge in [-0.15, -0.1) is 0 Å². The summed E-state index contributed by atoms with van der Waals surface area (Å²) in [5.74, 6) is 0. The van der Waals surface area contributed by atoms with Gasteiger partial charge >= 0.3 is 15.6 Å². The van der Waals surface area contributed by atoms with Crippen LogP contribution in [0.2, 0.25) is 0 Å². The van der Waals surface area contributed by atoms with E-state index < -0.39 is 22.4 Å². The Morgan fingerprint density at radius 3 is 2.24 bits per heavy atom. The summed E-state index contributed by atoms with van der Waals surface area (Å²) in [5.41, 5.74) is 0.757. The third-order valence-corrected chi connectivity index (χ3v) is 3.13. The first-order chi connectivity index (χ1) is 7.62. The lowest BCUT2D eigenvalue weighted by Gasteiger charge is -2.12. The lowest BCUT2D eigenvalue weighted by atomic mass is 10.4. The zero-order valence-electron chi connectivity index (χ0n) is 9.01. The first kappa shape index (κ1) is 16.9. The van der Waals surface area contributed by atoms with E-state index in [0.717, 1.165) is 5.57 Å². The summed E-state index contributed by atoms with van der Waals surface area (Å²) in [5, 5.41) is 0. The minimum absolute atomic E-state index is 0.233. The molecule has 1 atom stereocenters. The predicted molar refractivity (Wildman–Crippen MR) is 55.6 cm³/mol. The van der Waals surface area contributed by atoms with Crippen LogP contribution in [0.5, 0.6) is 0 Å². The van der Waals surface area contributed by atoms with E-state index in [2.05, 4.69) is 20.2 Å². The minimum atomic E-state index is -5.10. The van der Waals surface area contributed by atoms with Crippen LogP contribution in [0, 0.1) is 0 Å². The fourth-order valence-corrected chi connectivity index (χ4v) is 2.04. The SMILES string of the molecule is C=C(C)COCOCOP(=O)(O)OP(=O)(O)O. The number of hydrogen-bond donors (Lipinski definition) is 3. The van der Waals surface area contributed by atoms with E-state index >= 15 is 0 Å². The molecule has 0 rings (SSSR count). The highest BCUT2D eigenvalue weighted by atomic mass is 31.3. The number of hydrogen-bond acceptors (Lipinski definition) is 6. The lowest BCUT2D eigenvalue weighted by Crippen LogP contribution is -2.05. The van der Waals surface area contributed by atoms with E-state index in [4.69, 9.17) is 19.4 Å². The minimum Gasteiger partial charge on any atom is -0.351 e. The Kier molecular flexibility index (Phi) is 7.34. The Morgan fingerprint density at radius 2 is 1.76 bits per heavy atom. The molecule has 0 aliphatic rings. The van der Waals surface area contributed by atoms with E-state index in [1.807, 2.05) is 0 Å². The molecule has 0 saturated carbocycles. The van der Waals surface area contributed by atoms with Gasteiger partial charge in [0.1, 0.15) is 6.79 Å². The number of phosphoric ester groups is 1. The molecular formula is C6H14O9P2. The number of ether oxygens (including phenoxy) is 2. The average Bonchev–Trinajstić information content (AvgIpc) is 2.06. The van der Waals surface area contributed by atoms with Gasteiger partial charge in [0.25, 0.3) is 0 Å². The summed E-state index contributed by atoms with van der Waals surface area (Å²) in [6.45, 7) is 4.57. The normalized spacial score (nSPS) is 15.5. The maximum absolute atomic E-state index is 10.9. The Balaban J connectivity index is 3.70. The van der Waals surface area contributed by atoms with Crippen molar-refractivity contribution in [3.8, 4) is 0 Å². The maximum atomic E-state index is 10.9. The third-order valence-electron chi connectivity index (χ3n) is 1.02. The Hall–Kier alpha value is -0.0800. The van der Waals surface area contributed by atoms with Crippen LogP contribution in [0.15, 0.2) is 12.2 Å². The van der Waals surface area contributed by atoms with Crippen LogP contribution in [0.3, 0.4) is 0 Å². The van der Waals surface area contributed by atoms with Crippen molar-refractivity contribution in [1.29, 1.82) is 0 Å². The van der Waals surface area contributed by atoms with Gasteiger partial charge in [-0.2, -0.15) is 4.31 Å². The van der Waals surface area contributed by atoms with Crippen molar-refractivity contribution in [2.75, 3.05) is 20.2 Å². The van der Waals surface area contributed by atoms with Gasteiger partial charge in [-0.05, 0) is 6.92 Å². The van der Waals surface area contributed by atoms with Crippen molar-refractivity contribution in [1.82, 2.24) is 0 Å². The molecule has 0 saturated heterocycles. The van der Waals surface area contributed by atoms with E-state index in [9.17, 15) is 9.13 Å². The lowest BCUT2D eigenvalue weighted by molar-refractivity contribution is -0.0990. The molecule has 0 bridgehead atoms. The Morgan fingerprint density at radius 1 is 1.18 bits per heavy atom. The molecule has 0 aliphatic heterocycles. The van der Waals surface area contributed by atoms with Gasteiger partial charge in [0, 0.05) is 0 Å². The Bertz CT molecular complexity index is 334. The summed E-state index contributed by atoms with van der Waals surface area (Å²) in [6, 6.07) is 0. The molecule has 0 fully saturated rings. The molecule has 3 N–H and O–H groups in total. The standard InChI is InChI=1S/C6H14O9P2/c1-6(2)3-12-4-13-5-14-17(10,11)15-16(7,8)9/h1,3-5H2,2H3,(H,10,11)(H2,7,8,9). The van der Waals surface area contributed by atoms with Gasteiger partial charge < -0.3 is 24.2 Å². The zero-order chi connectivity index (χ0) is 13.5. The molecule has 0 aromatic rings. The third kappa shape index (κ3) is 12.2. The van der Waals surface area contributed by atoms with E-state index in [1.165, 1.54) is 0 Å². The summed E-state index contributed by atoms with van der Waals surface area (Å²) < 4.78 is 38.1. The smallest absolute Gasteiger partial charge is 0.351 e. The zero-order valence-corrected chi connectivity index (χ0v) is 10.8. The molecule has 0 aliphatic carbocycles. The quantitative estimate of drug-likeness (QED) is 0.243. The monoisotopic (exact) mass is 292 g/mol. The first-order valence-electron chi connectivity index (χ1n) is 4.16. The van der Waals surface area contributed by atoms with Crippen molar-refractivity contribution in [2.24, 2.45) is 0 Å². The topological polar surface area (TPSA) is 132 Å². The van der Waals surface area contributed by atoms with Gasteiger partial charge in [-0.3, -0.25) is 4.52 Å². The molecular weight excluding hydrogens is 278 g/mol. The van der Waals surface area contributed by atoms with Gasteiger partial charge in [0.2, 0.25) is 0 Å². The molecule has 11 heteroatoms. The van der Waals surface area contributed by atoms with Gasteiger partial charge in [0.15, 0.2) is 6.79 Å². The largest absolute Gasteiger partial charge is 0.483 e. The van der Waals surface area contributed by atoms with Crippen LogP contribution < -0.4 is 0 Å². The molecule has 102 valence electrons. The molecule has 0 radical (unpaired) electrons.